The van der Waals surface area contributed by atoms with E-state index in [0.717, 1.165) is 11.8 Å². The first-order valence-electron chi connectivity index (χ1n) is 20.5. The van der Waals surface area contributed by atoms with Crippen LogP contribution in [0.5, 0.6) is 5.75 Å². The molecule has 7 amide bonds. The topological polar surface area (TPSA) is 472 Å². The van der Waals surface area contributed by atoms with Gasteiger partial charge in [0.15, 0.2) is 23.8 Å². The van der Waals surface area contributed by atoms with Gasteiger partial charge in [-0.05, 0) is 93.3 Å². The van der Waals surface area contributed by atoms with Crippen LogP contribution in [0.4, 0.5) is 4.79 Å². The number of ether oxygens (including phenoxy) is 1. The summed E-state index contributed by atoms with van der Waals surface area (Å²) in [6, 6.07) is 1.92. The van der Waals surface area contributed by atoms with Crippen molar-refractivity contribution in [2.45, 2.75) is 88.4 Å². The smallest absolute Gasteiger partial charge is 0.290 e. The zero-order valence-corrected chi connectivity index (χ0v) is 36.8. The van der Waals surface area contributed by atoms with Crippen LogP contribution in [0, 0.1) is 0 Å². The van der Waals surface area contributed by atoms with Crippen LogP contribution in [0.15, 0.2) is 49.1 Å². The van der Waals surface area contributed by atoms with Gasteiger partial charge in [0.1, 0.15) is 29.9 Å². The van der Waals surface area contributed by atoms with Crippen LogP contribution >= 0.6 is 11.8 Å². The van der Waals surface area contributed by atoms with Gasteiger partial charge in [-0.1, -0.05) is 12.1 Å². The second kappa shape index (κ2) is 29.1. The highest BCUT2D eigenvalue weighted by Crippen LogP contribution is 2.26. The summed E-state index contributed by atoms with van der Waals surface area (Å²) in [5.41, 5.74) is 49.7. The Hall–Kier alpha value is -7.32. The van der Waals surface area contributed by atoms with E-state index in [-0.39, 0.29) is 126 Å². The first kappa shape index (κ1) is 53.8. The van der Waals surface area contributed by atoms with E-state index in [1.165, 1.54) is 0 Å². The Bertz CT molecular complexity index is 1940. The molecule has 0 bridgehead atoms. The van der Waals surface area contributed by atoms with Gasteiger partial charge in [0.05, 0.1) is 11.5 Å². The average Bonchev–Trinajstić information content (AvgIpc) is 3.55. The van der Waals surface area contributed by atoms with Crippen molar-refractivity contribution in [2.75, 3.05) is 32.8 Å². The molecule has 23 N–H and O–H groups in total. The van der Waals surface area contributed by atoms with E-state index in [0.29, 0.717) is 11.3 Å². The van der Waals surface area contributed by atoms with Crippen molar-refractivity contribution >= 4 is 82.4 Å². The molecule has 1 aliphatic heterocycles. The molecule has 1 heterocycles. The maximum absolute atomic E-state index is 14.0. The standard InChI is InChI=1S/C38H62N18O8S/c39-29(58)23(6-1-15-48-34(40)41)53-31(60)25(8-3-17-50-36(44)45)55-32(61)26(9-4-18-51-37(46)47)54-30(59)24(7-2-16-49-35(42)43)52-28(57)10-5-19-64-22-13-11-21(12-14-22)20-27-33(62)56-38(63)65-27/h11-14,20,23-26H,1-10,15-19H2,(H2,39,58)(H,52,57)(H,53,60)(H,54,59)(H,55,61)(H4,40,41,48)(H4,42,43,49)(H4,44,45,50)(H4,46,47,51)(H,56,62,63)/t23-,24-,25-,26-/m0/s1. The number of nitrogens with one attached hydrogen (secondary N) is 5. The van der Waals surface area contributed by atoms with Gasteiger partial charge in [0, 0.05) is 32.6 Å². The van der Waals surface area contributed by atoms with Crippen LogP contribution in [0.3, 0.4) is 0 Å². The lowest BCUT2D eigenvalue weighted by molar-refractivity contribution is -0.134. The monoisotopic (exact) mass is 930 g/mol. The molecule has 0 aromatic heterocycles. The predicted molar refractivity (Wildman–Crippen MR) is 247 cm³/mol. The Morgan fingerprint density at radius 3 is 1.37 bits per heavy atom. The summed E-state index contributed by atoms with van der Waals surface area (Å²) in [4.78, 5) is 106. The Morgan fingerprint density at radius 2 is 0.985 bits per heavy atom. The fourth-order valence-corrected chi connectivity index (χ4v) is 6.53. The third-order valence-electron chi connectivity index (χ3n) is 9.00. The Balaban J connectivity index is 2.21. The third kappa shape index (κ3) is 23.1. The highest BCUT2D eigenvalue weighted by atomic mass is 32.2. The number of nitrogens with two attached hydrogens (primary N) is 9. The number of amides is 7. The minimum Gasteiger partial charge on any atom is -0.494 e. The molecule has 2 rings (SSSR count). The van der Waals surface area contributed by atoms with E-state index in [9.17, 15) is 33.6 Å². The molecule has 4 atom stereocenters. The predicted octanol–water partition coefficient (Wildman–Crippen LogP) is -4.19. The summed E-state index contributed by atoms with van der Waals surface area (Å²) >= 11 is 0.805. The molecule has 1 aromatic rings. The van der Waals surface area contributed by atoms with E-state index in [4.69, 9.17) is 56.3 Å². The molecule has 0 radical (unpaired) electrons. The van der Waals surface area contributed by atoms with Crippen molar-refractivity contribution in [3.8, 4) is 5.75 Å². The molecule has 1 saturated heterocycles. The molecule has 26 nitrogen and oxygen atoms in total. The van der Waals surface area contributed by atoms with Crippen LogP contribution < -0.4 is 82.9 Å². The SMILES string of the molecule is NC(=O)[C@H](CCCN=C(N)N)NC(=O)[C@H](CCCN=C(N)N)NC(=O)[C@H](CCCN=C(N)N)NC(=O)[C@H](CCCN=C(N)N)NC(=O)CCCOc1ccc(C=C2SC(=O)NC2=O)cc1. The highest BCUT2D eigenvalue weighted by molar-refractivity contribution is 8.18. The maximum Gasteiger partial charge on any atom is 0.290 e. The molecule has 0 saturated carbocycles. The van der Waals surface area contributed by atoms with Crippen molar-refractivity contribution in [1.29, 1.82) is 0 Å². The molecular weight excluding hydrogens is 869 g/mol. The maximum atomic E-state index is 14.0. The summed E-state index contributed by atoms with van der Waals surface area (Å²) < 4.78 is 5.76. The molecule has 1 aliphatic rings. The number of hydrogen-bond donors (Lipinski definition) is 14. The number of guanidine groups is 4. The van der Waals surface area contributed by atoms with E-state index in [1.807, 2.05) is 0 Å². The van der Waals surface area contributed by atoms with Gasteiger partial charge in [0.2, 0.25) is 29.5 Å². The van der Waals surface area contributed by atoms with Crippen molar-refractivity contribution in [3.63, 3.8) is 0 Å². The van der Waals surface area contributed by atoms with E-state index < -0.39 is 64.8 Å². The summed E-state index contributed by atoms with van der Waals surface area (Å²) in [6.45, 7) is 0.628. The van der Waals surface area contributed by atoms with Crippen LogP contribution in [0.2, 0.25) is 0 Å². The van der Waals surface area contributed by atoms with Gasteiger partial charge in [0.25, 0.3) is 11.1 Å². The lowest BCUT2D eigenvalue weighted by atomic mass is 10.0. The summed E-state index contributed by atoms with van der Waals surface area (Å²) in [7, 11) is 0. The number of carbonyl (C=O) groups excluding carboxylic acids is 7. The number of rotatable bonds is 30. The number of benzene rings is 1. The molecule has 1 fully saturated rings. The van der Waals surface area contributed by atoms with E-state index in [1.54, 1.807) is 30.3 Å². The van der Waals surface area contributed by atoms with Crippen LogP contribution in [-0.4, -0.2) is 121 Å². The van der Waals surface area contributed by atoms with Gasteiger partial charge in [-0.15, -0.1) is 0 Å². The van der Waals surface area contributed by atoms with Crippen molar-refractivity contribution < 1.29 is 38.3 Å². The quantitative estimate of drug-likeness (QED) is 0.0151. The molecule has 27 heteroatoms. The van der Waals surface area contributed by atoms with Gasteiger partial charge in [-0.25, -0.2) is 0 Å². The summed E-state index contributed by atoms with van der Waals surface area (Å²) in [6.07, 6.45) is 2.91. The second-order valence-corrected chi connectivity index (χ2v) is 15.4. The molecule has 358 valence electrons. The Kier molecular flexibility index (Phi) is 24.1. The van der Waals surface area contributed by atoms with E-state index >= 15 is 0 Å². The fraction of sp³-hybridized carbons (Fsp3) is 0.500. The number of imide groups is 1. The lowest BCUT2D eigenvalue weighted by Gasteiger charge is -2.26. The number of nitrogens with zero attached hydrogens (tertiary/aromatic N) is 4. The lowest BCUT2D eigenvalue weighted by Crippen LogP contribution is -2.58. The molecule has 0 aliphatic carbocycles. The number of primary amides is 1. The average molecular weight is 931 g/mol. The van der Waals surface area contributed by atoms with Crippen molar-refractivity contribution in [1.82, 2.24) is 26.6 Å². The minimum absolute atomic E-state index is 0.00166. The summed E-state index contributed by atoms with van der Waals surface area (Å²) in [5, 5.41) is 12.4. The largest absolute Gasteiger partial charge is 0.494 e. The van der Waals surface area contributed by atoms with Crippen molar-refractivity contribution in [2.24, 2.45) is 71.6 Å². The zero-order chi connectivity index (χ0) is 48.3. The van der Waals surface area contributed by atoms with Gasteiger partial charge in [-0.3, -0.25) is 58.8 Å². The van der Waals surface area contributed by atoms with Crippen LogP contribution in [-0.2, 0) is 28.8 Å². The molecule has 0 unspecified atom stereocenters. The zero-order valence-electron chi connectivity index (χ0n) is 36.0. The highest BCUT2D eigenvalue weighted by Gasteiger charge is 2.31. The number of aliphatic imine (C=N–C) groups is 4. The van der Waals surface area contributed by atoms with Crippen LogP contribution in [0.25, 0.3) is 6.08 Å². The number of carbonyl (C=O) groups is 7. The molecule has 0 spiro atoms. The van der Waals surface area contributed by atoms with Crippen LogP contribution in [0.1, 0.15) is 69.8 Å². The van der Waals surface area contributed by atoms with Crippen molar-refractivity contribution in [3.05, 3.63) is 34.7 Å². The van der Waals surface area contributed by atoms with Gasteiger partial charge < -0.3 is 77.6 Å². The Morgan fingerprint density at radius 1 is 0.585 bits per heavy atom. The molecule has 65 heavy (non-hydrogen) atoms. The molecular formula is C38H62N18O8S. The van der Waals surface area contributed by atoms with E-state index in [2.05, 4.69) is 46.6 Å². The second-order valence-electron chi connectivity index (χ2n) is 14.4. The Labute approximate surface area is 379 Å². The minimum atomic E-state index is -1.28. The fourth-order valence-electron chi connectivity index (χ4n) is 5.85. The molecule has 1 aromatic carbocycles. The van der Waals surface area contributed by atoms with Gasteiger partial charge >= 0.3 is 0 Å². The first-order valence-corrected chi connectivity index (χ1v) is 21.3. The summed E-state index contributed by atoms with van der Waals surface area (Å²) in [5.74, 6) is -4.25. The normalized spacial score (nSPS) is 14.3. The number of hydrogen-bond acceptors (Lipinski definition) is 13. The first-order chi connectivity index (χ1) is 30.8. The van der Waals surface area contributed by atoms with Gasteiger partial charge in [-0.2, -0.15) is 0 Å². The third-order valence-corrected chi connectivity index (χ3v) is 9.81. The number of thioether (sulfide) groups is 1.